The molecule has 0 amide bonds. The van der Waals surface area contributed by atoms with Crippen LogP contribution < -0.4 is 0 Å². The van der Waals surface area contributed by atoms with E-state index in [2.05, 4.69) is 4.74 Å². The van der Waals surface area contributed by atoms with E-state index >= 15 is 0 Å². The number of alkyl halides is 2. The zero-order chi connectivity index (χ0) is 17.8. The summed E-state index contributed by atoms with van der Waals surface area (Å²) < 4.78 is 63.2. The van der Waals surface area contributed by atoms with E-state index in [4.69, 9.17) is 9.29 Å². The first-order valence-electron chi connectivity index (χ1n) is 6.41. The second-order valence-electron chi connectivity index (χ2n) is 5.75. The van der Waals surface area contributed by atoms with Crippen molar-refractivity contribution in [3.8, 4) is 0 Å². The van der Waals surface area contributed by atoms with E-state index in [1.165, 1.54) is 0 Å². The zero-order valence-corrected chi connectivity index (χ0v) is 13.6. The van der Waals surface area contributed by atoms with Crippen molar-refractivity contribution in [1.29, 1.82) is 0 Å². The molecular formula is C12H20F2O7S. The number of carbonyl (C=O) groups excluding carboxylic acids is 2. The van der Waals surface area contributed by atoms with Crippen LogP contribution in [0.25, 0.3) is 0 Å². The lowest BCUT2D eigenvalue weighted by atomic mass is 9.84. The molecule has 0 aromatic carbocycles. The van der Waals surface area contributed by atoms with Gasteiger partial charge in [0.15, 0.2) is 0 Å². The van der Waals surface area contributed by atoms with E-state index in [0.29, 0.717) is 6.42 Å². The Bertz CT molecular complexity index is 512. The van der Waals surface area contributed by atoms with Crippen molar-refractivity contribution in [3.63, 3.8) is 0 Å². The van der Waals surface area contributed by atoms with Crippen LogP contribution in [0.3, 0.4) is 0 Å². The van der Waals surface area contributed by atoms with Crippen LogP contribution in [0, 0.1) is 11.3 Å². The molecule has 0 radical (unpaired) electrons. The molecule has 0 heterocycles. The average molecular weight is 346 g/mol. The Morgan fingerprint density at radius 2 is 1.50 bits per heavy atom. The molecule has 0 saturated heterocycles. The molecule has 0 aliphatic rings. The number of halogens is 2. The average Bonchev–Trinajstić information content (AvgIpc) is 2.30. The maximum atomic E-state index is 12.8. The van der Waals surface area contributed by atoms with Crippen LogP contribution in [0.5, 0.6) is 0 Å². The number of hydrogen-bond donors (Lipinski definition) is 1. The Kier molecular flexibility index (Phi) is 6.89. The highest BCUT2D eigenvalue weighted by atomic mass is 32.2. The van der Waals surface area contributed by atoms with Crippen LogP contribution in [-0.2, 0) is 29.2 Å². The van der Waals surface area contributed by atoms with Crippen molar-refractivity contribution in [2.45, 2.75) is 39.4 Å². The van der Waals surface area contributed by atoms with Gasteiger partial charge in [-0.05, 0) is 26.2 Å². The van der Waals surface area contributed by atoms with Crippen LogP contribution in [0.4, 0.5) is 8.78 Å². The van der Waals surface area contributed by atoms with Crippen LogP contribution in [0.15, 0.2) is 0 Å². The zero-order valence-electron chi connectivity index (χ0n) is 12.8. The van der Waals surface area contributed by atoms with Gasteiger partial charge < -0.3 is 9.47 Å². The summed E-state index contributed by atoms with van der Waals surface area (Å²) in [6, 6.07) is 0. The topological polar surface area (TPSA) is 107 Å². The van der Waals surface area contributed by atoms with Crippen molar-refractivity contribution in [3.05, 3.63) is 0 Å². The lowest BCUT2D eigenvalue weighted by Gasteiger charge is -2.24. The minimum absolute atomic E-state index is 0.230. The molecule has 0 unspecified atom stereocenters. The van der Waals surface area contributed by atoms with Gasteiger partial charge in [0.1, 0.15) is 13.2 Å². The Hall–Kier alpha value is -1.29. The molecule has 0 aromatic rings. The molecule has 0 spiro atoms. The summed E-state index contributed by atoms with van der Waals surface area (Å²) in [5, 5.41) is -5.06. The first-order valence-corrected chi connectivity index (χ1v) is 7.85. The molecule has 0 aromatic heterocycles. The second kappa shape index (κ2) is 7.32. The van der Waals surface area contributed by atoms with Gasteiger partial charge in [0.05, 0.1) is 5.41 Å². The van der Waals surface area contributed by atoms with Gasteiger partial charge in [-0.15, -0.1) is 0 Å². The summed E-state index contributed by atoms with van der Waals surface area (Å²) in [4.78, 5) is 22.6. The molecule has 0 aliphatic heterocycles. The first-order chi connectivity index (χ1) is 9.72. The maximum absolute atomic E-state index is 12.8. The molecule has 10 heteroatoms. The van der Waals surface area contributed by atoms with E-state index in [-0.39, 0.29) is 5.92 Å². The van der Waals surface area contributed by atoms with E-state index in [9.17, 15) is 26.8 Å². The highest BCUT2D eigenvalue weighted by Crippen LogP contribution is 2.26. The number of hydrogen-bond acceptors (Lipinski definition) is 6. The number of ether oxygens (including phenoxy) is 2. The van der Waals surface area contributed by atoms with Gasteiger partial charge in [0.25, 0.3) is 0 Å². The summed E-state index contributed by atoms with van der Waals surface area (Å²) in [6.45, 7) is 5.85. The molecule has 22 heavy (non-hydrogen) atoms. The predicted molar refractivity (Wildman–Crippen MR) is 71.6 cm³/mol. The standard InChI is InChI=1S/C12H20F2O7S/c1-8(2)7-11(3,4)9(15)20-5-6-21-10(16)12(13,14)22(17,18)19/h8H,5-7H2,1-4H3,(H,17,18,19). The number of carbonyl (C=O) groups is 2. The van der Waals surface area contributed by atoms with Crippen LogP contribution >= 0.6 is 0 Å². The van der Waals surface area contributed by atoms with Gasteiger partial charge in [0.2, 0.25) is 0 Å². The lowest BCUT2D eigenvalue weighted by molar-refractivity contribution is -0.167. The van der Waals surface area contributed by atoms with Crippen LogP contribution in [-0.4, -0.2) is 43.4 Å². The SMILES string of the molecule is CC(C)CC(C)(C)C(=O)OCCOC(=O)C(F)(F)S(=O)(=O)O. The van der Waals surface area contributed by atoms with Gasteiger partial charge in [-0.3, -0.25) is 9.35 Å². The number of esters is 2. The third-order valence-electron chi connectivity index (χ3n) is 2.58. The minimum Gasteiger partial charge on any atom is -0.462 e. The fourth-order valence-corrected chi connectivity index (χ4v) is 2.03. The Morgan fingerprint density at radius 1 is 1.09 bits per heavy atom. The largest absolute Gasteiger partial charge is 0.465 e. The normalized spacial score (nSPS) is 13.1. The fourth-order valence-electron chi connectivity index (χ4n) is 1.76. The van der Waals surface area contributed by atoms with E-state index in [1.807, 2.05) is 13.8 Å². The van der Waals surface area contributed by atoms with E-state index in [1.54, 1.807) is 13.8 Å². The summed E-state index contributed by atoms with van der Waals surface area (Å²) in [5.41, 5.74) is -0.795. The molecule has 1 N–H and O–H groups in total. The molecule has 7 nitrogen and oxygen atoms in total. The summed E-state index contributed by atoms with van der Waals surface area (Å²) >= 11 is 0. The highest BCUT2D eigenvalue weighted by molar-refractivity contribution is 7.87. The summed E-state index contributed by atoms with van der Waals surface area (Å²) in [6.07, 6.45) is 0.534. The van der Waals surface area contributed by atoms with Crippen LogP contribution in [0.1, 0.15) is 34.1 Å². The molecular weight excluding hydrogens is 326 g/mol. The first kappa shape index (κ1) is 20.7. The quantitative estimate of drug-likeness (QED) is 0.404. The van der Waals surface area contributed by atoms with Gasteiger partial charge in [0, 0.05) is 0 Å². The fraction of sp³-hybridized carbons (Fsp3) is 0.833. The Balaban J connectivity index is 4.35. The van der Waals surface area contributed by atoms with Gasteiger partial charge in [-0.1, -0.05) is 13.8 Å². The summed E-state index contributed by atoms with van der Waals surface area (Å²) in [5.74, 6) is -2.81. The minimum atomic E-state index is -5.91. The Labute approximate surface area is 127 Å². The highest BCUT2D eigenvalue weighted by Gasteiger charge is 2.54. The smallest absolute Gasteiger partial charge is 0.462 e. The lowest BCUT2D eigenvalue weighted by Crippen LogP contribution is -2.39. The van der Waals surface area contributed by atoms with Crippen LogP contribution in [0.2, 0.25) is 0 Å². The Morgan fingerprint density at radius 3 is 1.86 bits per heavy atom. The van der Waals surface area contributed by atoms with Gasteiger partial charge in [-0.2, -0.15) is 17.2 Å². The van der Waals surface area contributed by atoms with E-state index < -0.39 is 45.9 Å². The molecule has 0 fully saturated rings. The molecule has 0 saturated carbocycles. The van der Waals surface area contributed by atoms with Gasteiger partial charge in [-0.25, -0.2) is 4.79 Å². The third-order valence-corrected chi connectivity index (χ3v) is 3.40. The van der Waals surface area contributed by atoms with Crippen molar-refractivity contribution >= 4 is 22.1 Å². The molecule has 130 valence electrons. The molecule has 0 atom stereocenters. The van der Waals surface area contributed by atoms with E-state index in [0.717, 1.165) is 0 Å². The number of rotatable bonds is 8. The van der Waals surface area contributed by atoms with Crippen molar-refractivity contribution in [2.75, 3.05) is 13.2 Å². The van der Waals surface area contributed by atoms with Crippen molar-refractivity contribution in [1.82, 2.24) is 0 Å². The molecule has 0 rings (SSSR count). The van der Waals surface area contributed by atoms with Crippen molar-refractivity contribution < 1.29 is 40.8 Å². The third kappa shape index (κ3) is 5.84. The predicted octanol–water partition coefficient (Wildman–Crippen LogP) is 1.63. The maximum Gasteiger partial charge on any atom is 0.465 e. The van der Waals surface area contributed by atoms with Gasteiger partial charge >= 0.3 is 27.3 Å². The molecule has 0 aliphatic carbocycles. The summed E-state index contributed by atoms with van der Waals surface area (Å²) in [7, 11) is -5.91. The second-order valence-corrected chi connectivity index (χ2v) is 7.21. The van der Waals surface area contributed by atoms with Crippen molar-refractivity contribution in [2.24, 2.45) is 11.3 Å². The molecule has 0 bridgehead atoms. The monoisotopic (exact) mass is 346 g/mol.